The fraction of sp³-hybridized carbons (Fsp3) is 0.409. The summed E-state index contributed by atoms with van der Waals surface area (Å²) in [6.45, 7) is 3.01. The van der Waals surface area contributed by atoms with Crippen LogP contribution in [-0.2, 0) is 4.74 Å². The van der Waals surface area contributed by atoms with Crippen LogP contribution in [0.2, 0.25) is 0 Å². The van der Waals surface area contributed by atoms with Gasteiger partial charge < -0.3 is 34.7 Å². The molecular weight excluding hydrogens is 412 g/mol. The number of nitrogens with one attached hydrogen (secondary N) is 3. The summed E-state index contributed by atoms with van der Waals surface area (Å²) in [5, 5.41) is 7.68. The highest BCUT2D eigenvalue weighted by molar-refractivity contribution is 5.99. The number of benzene rings is 1. The van der Waals surface area contributed by atoms with Crippen LogP contribution in [0.4, 0.5) is 17.5 Å². The maximum atomic E-state index is 13.1. The van der Waals surface area contributed by atoms with E-state index in [0.29, 0.717) is 74.3 Å². The first-order valence-corrected chi connectivity index (χ1v) is 10.9. The number of fused-ring (bicyclic) bond motifs is 2. The van der Waals surface area contributed by atoms with Crippen molar-refractivity contribution in [2.24, 2.45) is 0 Å². The summed E-state index contributed by atoms with van der Waals surface area (Å²) in [6.07, 6.45) is 4.15. The summed E-state index contributed by atoms with van der Waals surface area (Å²) in [5.41, 5.74) is 1.89. The van der Waals surface area contributed by atoms with Gasteiger partial charge in [-0.15, -0.1) is 0 Å². The number of ether oxygens (including phenoxy) is 3. The van der Waals surface area contributed by atoms with Crippen molar-refractivity contribution in [3.8, 4) is 11.5 Å². The minimum atomic E-state index is -0.0819. The number of anilines is 3. The van der Waals surface area contributed by atoms with Gasteiger partial charge in [-0.25, -0.2) is 0 Å². The molecule has 2 aromatic heterocycles. The van der Waals surface area contributed by atoms with Crippen molar-refractivity contribution in [1.82, 2.24) is 19.9 Å². The van der Waals surface area contributed by atoms with Crippen LogP contribution in [0.5, 0.6) is 11.5 Å². The lowest BCUT2D eigenvalue weighted by Crippen LogP contribution is -2.41. The average Bonchev–Trinajstić information content (AvgIpc) is 3.52. The molecule has 0 bridgehead atoms. The number of aromatic amines is 1. The Morgan fingerprint density at radius 2 is 1.84 bits per heavy atom. The third-order valence-electron chi connectivity index (χ3n) is 5.80. The first-order chi connectivity index (χ1) is 15.8. The van der Waals surface area contributed by atoms with E-state index in [1.54, 1.807) is 11.0 Å². The van der Waals surface area contributed by atoms with E-state index in [4.69, 9.17) is 14.2 Å². The molecule has 1 saturated heterocycles. The Kier molecular flexibility index (Phi) is 4.71. The zero-order chi connectivity index (χ0) is 21.5. The molecule has 2 aliphatic heterocycles. The van der Waals surface area contributed by atoms with E-state index in [2.05, 4.69) is 25.6 Å². The molecule has 3 N–H and O–H groups in total. The standard InChI is InChI=1S/C22H24N6O4/c29-21(28-7-9-30-10-8-28)14-3-4-16(18-17(14)31-11-12-32-18)25-22-26-19-15(5-6-23-19)20(27-22)24-13-1-2-13/h3-6,13H,1-2,7-12H2,(H3,23,24,25,26,27). The van der Waals surface area contributed by atoms with Gasteiger partial charge in [-0.1, -0.05) is 0 Å². The lowest BCUT2D eigenvalue weighted by atomic mass is 10.1. The van der Waals surface area contributed by atoms with Gasteiger partial charge in [0.05, 0.1) is 29.9 Å². The van der Waals surface area contributed by atoms with Gasteiger partial charge in [-0.3, -0.25) is 4.79 Å². The number of H-pyrrole nitrogens is 1. The smallest absolute Gasteiger partial charge is 0.257 e. The molecule has 0 unspecified atom stereocenters. The summed E-state index contributed by atoms with van der Waals surface area (Å²) in [7, 11) is 0. The lowest BCUT2D eigenvalue weighted by Gasteiger charge is -2.29. The van der Waals surface area contributed by atoms with Gasteiger partial charge in [0.2, 0.25) is 5.95 Å². The normalized spacial score (nSPS) is 17.9. The Morgan fingerprint density at radius 1 is 1.03 bits per heavy atom. The summed E-state index contributed by atoms with van der Waals surface area (Å²) < 4.78 is 17.2. The van der Waals surface area contributed by atoms with Crippen LogP contribution in [0.1, 0.15) is 23.2 Å². The third kappa shape index (κ3) is 3.56. The van der Waals surface area contributed by atoms with Crippen molar-refractivity contribution in [1.29, 1.82) is 0 Å². The molecule has 2 fully saturated rings. The maximum Gasteiger partial charge on any atom is 0.257 e. The predicted molar refractivity (Wildman–Crippen MR) is 118 cm³/mol. The molecule has 166 valence electrons. The quantitative estimate of drug-likeness (QED) is 0.559. The number of carbonyl (C=O) groups is 1. The molecule has 0 spiro atoms. The number of carbonyl (C=O) groups excluding carboxylic acids is 1. The summed E-state index contributed by atoms with van der Waals surface area (Å²) in [4.78, 5) is 27.3. The van der Waals surface area contributed by atoms with Gasteiger partial charge in [0.25, 0.3) is 5.91 Å². The number of amides is 1. The topological polar surface area (TPSA) is 114 Å². The van der Waals surface area contributed by atoms with Crippen molar-refractivity contribution in [3.63, 3.8) is 0 Å². The fourth-order valence-electron chi connectivity index (χ4n) is 3.99. The van der Waals surface area contributed by atoms with Gasteiger partial charge in [-0.2, -0.15) is 9.97 Å². The van der Waals surface area contributed by atoms with E-state index in [9.17, 15) is 4.79 Å². The highest BCUT2D eigenvalue weighted by atomic mass is 16.6. The second-order valence-electron chi connectivity index (χ2n) is 8.10. The number of hydrogen-bond donors (Lipinski definition) is 3. The highest BCUT2D eigenvalue weighted by Crippen LogP contribution is 2.42. The Labute approximate surface area is 184 Å². The van der Waals surface area contributed by atoms with Crippen molar-refractivity contribution >= 4 is 34.4 Å². The average molecular weight is 436 g/mol. The lowest BCUT2D eigenvalue weighted by molar-refractivity contribution is 0.0298. The Hall–Kier alpha value is -3.53. The highest BCUT2D eigenvalue weighted by Gasteiger charge is 2.28. The van der Waals surface area contributed by atoms with Gasteiger partial charge in [0, 0.05) is 25.3 Å². The number of hydrogen-bond acceptors (Lipinski definition) is 8. The van der Waals surface area contributed by atoms with E-state index in [1.807, 2.05) is 18.3 Å². The minimum absolute atomic E-state index is 0.0819. The monoisotopic (exact) mass is 436 g/mol. The van der Waals surface area contributed by atoms with Crippen molar-refractivity contribution in [3.05, 3.63) is 30.0 Å². The Balaban J connectivity index is 1.33. The van der Waals surface area contributed by atoms with Crippen molar-refractivity contribution in [2.45, 2.75) is 18.9 Å². The molecule has 6 rings (SSSR count). The molecule has 4 heterocycles. The number of rotatable bonds is 5. The molecule has 1 aliphatic carbocycles. The molecule has 32 heavy (non-hydrogen) atoms. The van der Waals surface area contributed by atoms with Crippen LogP contribution in [0.3, 0.4) is 0 Å². The van der Waals surface area contributed by atoms with Crippen molar-refractivity contribution < 1.29 is 19.0 Å². The van der Waals surface area contributed by atoms with Crippen LogP contribution in [-0.4, -0.2) is 71.3 Å². The van der Waals surface area contributed by atoms with Crippen LogP contribution in [0, 0.1) is 0 Å². The SMILES string of the molecule is O=C(c1ccc(Nc2nc(NC3CC3)c3cc[nH]c3n2)c2c1OCCO2)N1CCOCC1. The second-order valence-corrected chi connectivity index (χ2v) is 8.10. The van der Waals surface area contributed by atoms with Crippen LogP contribution >= 0.6 is 0 Å². The zero-order valence-corrected chi connectivity index (χ0v) is 17.5. The molecule has 3 aromatic rings. The van der Waals surface area contributed by atoms with Gasteiger partial charge in [0.1, 0.15) is 24.7 Å². The molecule has 1 amide bonds. The van der Waals surface area contributed by atoms with Crippen molar-refractivity contribution in [2.75, 3.05) is 50.2 Å². The van der Waals surface area contributed by atoms with E-state index < -0.39 is 0 Å². The van der Waals surface area contributed by atoms with Crippen LogP contribution < -0.4 is 20.1 Å². The number of morpholine rings is 1. The Morgan fingerprint density at radius 3 is 2.66 bits per heavy atom. The maximum absolute atomic E-state index is 13.1. The van der Waals surface area contributed by atoms with E-state index >= 15 is 0 Å². The molecule has 1 saturated carbocycles. The first kappa shape index (κ1) is 19.2. The van der Waals surface area contributed by atoms with Gasteiger partial charge in [0.15, 0.2) is 11.5 Å². The fourth-order valence-corrected chi connectivity index (χ4v) is 3.99. The van der Waals surface area contributed by atoms with Gasteiger partial charge >= 0.3 is 0 Å². The largest absolute Gasteiger partial charge is 0.485 e. The summed E-state index contributed by atoms with van der Waals surface area (Å²) in [5.74, 6) is 2.11. The predicted octanol–water partition coefficient (Wildman–Crippen LogP) is 2.52. The minimum Gasteiger partial charge on any atom is -0.485 e. The number of nitrogens with zero attached hydrogens (tertiary/aromatic N) is 3. The molecular formula is C22H24N6O4. The molecule has 10 nitrogen and oxygen atoms in total. The van der Waals surface area contributed by atoms with Gasteiger partial charge in [-0.05, 0) is 31.0 Å². The molecule has 3 aliphatic rings. The second kappa shape index (κ2) is 7.86. The third-order valence-corrected chi connectivity index (χ3v) is 5.80. The van der Waals surface area contributed by atoms with E-state index in [-0.39, 0.29) is 5.91 Å². The van der Waals surface area contributed by atoms with Crippen LogP contribution in [0.25, 0.3) is 11.0 Å². The Bertz CT molecular complexity index is 1170. The van der Waals surface area contributed by atoms with E-state index in [0.717, 1.165) is 29.7 Å². The molecule has 0 radical (unpaired) electrons. The summed E-state index contributed by atoms with van der Waals surface area (Å²) >= 11 is 0. The number of aromatic nitrogens is 3. The first-order valence-electron chi connectivity index (χ1n) is 10.9. The van der Waals surface area contributed by atoms with E-state index in [1.165, 1.54) is 0 Å². The summed E-state index contributed by atoms with van der Waals surface area (Å²) in [6, 6.07) is 6.02. The molecule has 1 aromatic carbocycles. The molecule has 10 heteroatoms. The van der Waals surface area contributed by atoms with Crippen LogP contribution in [0.15, 0.2) is 24.4 Å². The zero-order valence-electron chi connectivity index (χ0n) is 17.5. The molecule has 0 atom stereocenters.